The summed E-state index contributed by atoms with van der Waals surface area (Å²) in [5, 5.41) is 23.9. The zero-order chi connectivity index (χ0) is 46.3. The fraction of sp³-hybridized carbons (Fsp3) is 0.827. The van der Waals surface area contributed by atoms with Crippen molar-refractivity contribution in [2.24, 2.45) is 28.6 Å². The molecule has 2 unspecified atom stereocenters. The Hall–Kier alpha value is -2.92. The predicted molar refractivity (Wildman–Crippen MR) is 242 cm³/mol. The molecule has 0 bridgehead atoms. The molecule has 4 aliphatic rings. The number of fused-ring (bicyclic) bond motifs is 5. The highest BCUT2D eigenvalue weighted by Gasteiger charge is 2.75. The van der Waals surface area contributed by atoms with E-state index in [9.17, 15) is 34.2 Å². The Labute approximate surface area is 378 Å². The lowest BCUT2D eigenvalue weighted by molar-refractivity contribution is -0.220. The van der Waals surface area contributed by atoms with Crippen molar-refractivity contribution >= 4 is 29.5 Å². The van der Waals surface area contributed by atoms with Crippen LogP contribution in [0, 0.1) is 28.6 Å². The molecule has 0 aliphatic heterocycles. The molecular weight excluding hydrogens is 804 g/mol. The molecule has 3 saturated carbocycles. The molecule has 0 aromatic rings. The van der Waals surface area contributed by atoms with E-state index in [4.69, 9.17) is 14.2 Å². The van der Waals surface area contributed by atoms with Crippen LogP contribution in [0.15, 0.2) is 23.8 Å². The van der Waals surface area contributed by atoms with E-state index in [0.717, 1.165) is 83.5 Å². The van der Waals surface area contributed by atoms with Gasteiger partial charge in [0.1, 0.15) is 17.8 Å². The van der Waals surface area contributed by atoms with E-state index in [1.54, 1.807) is 26.8 Å². The third-order valence-electron chi connectivity index (χ3n) is 15.7. The van der Waals surface area contributed by atoms with Crippen molar-refractivity contribution in [2.75, 3.05) is 6.61 Å². The number of carbonyl (C=O) groups is 5. The summed E-state index contributed by atoms with van der Waals surface area (Å²) in [6.07, 6.45) is 21.1. The van der Waals surface area contributed by atoms with Gasteiger partial charge in [0.25, 0.3) is 0 Å². The summed E-state index contributed by atoms with van der Waals surface area (Å²) in [5.74, 6) is -3.41. The summed E-state index contributed by atoms with van der Waals surface area (Å²) >= 11 is 0. The molecule has 3 fully saturated rings. The highest BCUT2D eigenvalue weighted by atomic mass is 19.1. The topological polar surface area (TPSA) is 154 Å². The normalized spacial score (nSPS) is 30.7. The lowest BCUT2D eigenvalue weighted by Crippen LogP contribution is -2.69. The van der Waals surface area contributed by atoms with Gasteiger partial charge in [0, 0.05) is 36.0 Å². The summed E-state index contributed by atoms with van der Waals surface area (Å²) in [4.78, 5) is 64.9. The quantitative estimate of drug-likeness (QED) is 0.0421. The number of rotatable bonds is 29. The SMILES string of the molecule is CCCCCCCCC(OC(=O)CCCCC)C(CCCCCCCC(=O)OCC(=O)[C@@]1(O)[C@H](C)C[C@H]2[C@@H]3CCC4=CC(=O)C=C[C@]4(C)[C@@]3(F)[C@@H](O)C[C@@]21C)OC(=O)CCCCC. The van der Waals surface area contributed by atoms with Crippen molar-refractivity contribution < 1.29 is 52.8 Å². The second-order valence-corrected chi connectivity index (χ2v) is 20.1. The lowest BCUT2D eigenvalue weighted by atomic mass is 9.44. The zero-order valence-corrected chi connectivity index (χ0v) is 39.8. The Balaban J connectivity index is 1.26. The van der Waals surface area contributed by atoms with E-state index in [2.05, 4.69) is 20.8 Å². The summed E-state index contributed by atoms with van der Waals surface area (Å²) in [6.45, 7) is 11.1. The van der Waals surface area contributed by atoms with Gasteiger partial charge in [-0.15, -0.1) is 0 Å². The van der Waals surface area contributed by atoms with Gasteiger partial charge in [-0.2, -0.15) is 0 Å². The number of unbranched alkanes of at least 4 members (excludes halogenated alkanes) is 13. The molecular formula is C52H83FO10. The highest BCUT2D eigenvalue weighted by molar-refractivity contribution is 6.01. The van der Waals surface area contributed by atoms with Gasteiger partial charge >= 0.3 is 17.9 Å². The van der Waals surface area contributed by atoms with E-state index in [-0.39, 0.29) is 30.6 Å². The molecule has 10 nitrogen and oxygen atoms in total. The van der Waals surface area contributed by atoms with Crippen LogP contribution in [0.1, 0.15) is 208 Å². The monoisotopic (exact) mass is 887 g/mol. The summed E-state index contributed by atoms with van der Waals surface area (Å²) in [7, 11) is 0. The number of Topliss-reactive ketones (excluding diaryl/α,β-unsaturated/α-hetero) is 1. The average molecular weight is 887 g/mol. The van der Waals surface area contributed by atoms with Gasteiger partial charge in [-0.05, 0) is 102 Å². The maximum Gasteiger partial charge on any atom is 0.306 e. The Morgan fingerprint density at radius 3 is 1.81 bits per heavy atom. The standard InChI is InChI=1S/C52H83FO10/c1-7-10-13-14-16-21-24-42(62-47(58)27-19-11-8-2)43(63-48(59)28-20-12-9-3)25-22-17-15-18-23-26-46(57)61-36-45(56)52(60)37(4)33-41-40-30-29-38-34-39(54)31-32-49(38,5)51(40,53)44(55)35-50(41,52)6/h31-32,34,37,40-44,55,60H,7-30,33,35-36H2,1-6H3/t37-,40+,41+,42?,43?,44+,49+,50+,51+,52+/m1/s1. The van der Waals surface area contributed by atoms with E-state index >= 15 is 4.39 Å². The van der Waals surface area contributed by atoms with Crippen molar-refractivity contribution in [3.8, 4) is 0 Å². The molecule has 0 heterocycles. The first-order valence-corrected chi connectivity index (χ1v) is 25.1. The summed E-state index contributed by atoms with van der Waals surface area (Å²) < 4.78 is 35.1. The third kappa shape index (κ3) is 12.5. The number of ketones is 2. The molecule has 0 radical (unpaired) electrons. The van der Waals surface area contributed by atoms with Crippen LogP contribution < -0.4 is 0 Å². The molecule has 0 saturated heterocycles. The smallest absolute Gasteiger partial charge is 0.306 e. The van der Waals surface area contributed by atoms with Crippen LogP contribution >= 0.6 is 0 Å². The first kappa shape index (κ1) is 52.7. The van der Waals surface area contributed by atoms with Crippen molar-refractivity contribution in [1.29, 1.82) is 0 Å². The van der Waals surface area contributed by atoms with Gasteiger partial charge in [-0.25, -0.2) is 4.39 Å². The van der Waals surface area contributed by atoms with E-state index in [0.29, 0.717) is 56.9 Å². The zero-order valence-electron chi connectivity index (χ0n) is 39.8. The van der Waals surface area contributed by atoms with Crippen molar-refractivity contribution in [1.82, 2.24) is 0 Å². The molecule has 4 rings (SSSR count). The van der Waals surface area contributed by atoms with Crippen molar-refractivity contribution in [3.05, 3.63) is 23.8 Å². The number of carbonyl (C=O) groups excluding carboxylic acids is 5. The fourth-order valence-electron chi connectivity index (χ4n) is 11.9. The molecule has 0 aromatic carbocycles. The predicted octanol–water partition coefficient (Wildman–Crippen LogP) is 10.9. The molecule has 0 spiro atoms. The molecule has 4 aliphatic carbocycles. The first-order chi connectivity index (χ1) is 30.0. The van der Waals surface area contributed by atoms with Crippen LogP contribution in [0.5, 0.6) is 0 Å². The number of allylic oxidation sites excluding steroid dienone is 4. The minimum Gasteiger partial charge on any atom is -0.458 e. The second kappa shape index (κ2) is 24.6. The Morgan fingerprint density at radius 2 is 1.24 bits per heavy atom. The number of alkyl halides is 1. The Kier molecular flexibility index (Phi) is 20.5. The maximum atomic E-state index is 17.5. The number of hydrogen-bond acceptors (Lipinski definition) is 10. The van der Waals surface area contributed by atoms with E-state index < -0.39 is 76.5 Å². The number of esters is 3. The van der Waals surface area contributed by atoms with E-state index in [1.807, 2.05) is 0 Å². The number of halogens is 1. The molecule has 0 amide bonds. The number of ether oxygens (including phenoxy) is 3. The van der Waals surface area contributed by atoms with Crippen molar-refractivity contribution in [3.63, 3.8) is 0 Å². The number of aliphatic hydroxyl groups is 2. The van der Waals surface area contributed by atoms with Crippen LogP contribution in [0.25, 0.3) is 0 Å². The molecule has 63 heavy (non-hydrogen) atoms. The Bertz CT molecular complexity index is 1590. The van der Waals surface area contributed by atoms with E-state index in [1.165, 1.54) is 31.4 Å². The maximum absolute atomic E-state index is 17.5. The van der Waals surface area contributed by atoms with Crippen LogP contribution in [-0.2, 0) is 38.2 Å². The van der Waals surface area contributed by atoms with Gasteiger partial charge in [-0.3, -0.25) is 24.0 Å². The van der Waals surface area contributed by atoms with Crippen LogP contribution in [-0.4, -0.2) is 75.9 Å². The fourth-order valence-corrected chi connectivity index (χ4v) is 11.9. The minimum absolute atomic E-state index is 0.114. The summed E-state index contributed by atoms with van der Waals surface area (Å²) in [6, 6.07) is 0. The molecule has 2 N–H and O–H groups in total. The van der Waals surface area contributed by atoms with Gasteiger partial charge in [0.15, 0.2) is 18.1 Å². The Morgan fingerprint density at radius 1 is 0.746 bits per heavy atom. The third-order valence-corrected chi connectivity index (χ3v) is 15.7. The molecule has 10 atom stereocenters. The lowest BCUT2D eigenvalue weighted by Gasteiger charge is -2.62. The first-order valence-electron chi connectivity index (χ1n) is 25.1. The van der Waals surface area contributed by atoms with Crippen LogP contribution in [0.2, 0.25) is 0 Å². The second-order valence-electron chi connectivity index (χ2n) is 20.1. The average Bonchev–Trinajstić information content (AvgIpc) is 3.44. The van der Waals surface area contributed by atoms with Crippen molar-refractivity contribution in [2.45, 2.75) is 238 Å². The molecule has 11 heteroatoms. The molecule has 358 valence electrons. The van der Waals surface area contributed by atoms with Crippen LogP contribution in [0.4, 0.5) is 4.39 Å². The van der Waals surface area contributed by atoms with Gasteiger partial charge < -0.3 is 24.4 Å². The summed E-state index contributed by atoms with van der Waals surface area (Å²) in [5.41, 5.74) is -5.63. The minimum atomic E-state index is -2.07. The highest BCUT2D eigenvalue weighted by Crippen LogP contribution is 2.70. The van der Waals surface area contributed by atoms with Gasteiger partial charge in [0.05, 0.1) is 6.10 Å². The van der Waals surface area contributed by atoms with Gasteiger partial charge in [0.2, 0.25) is 5.78 Å². The van der Waals surface area contributed by atoms with Gasteiger partial charge in [-0.1, -0.05) is 123 Å². The largest absolute Gasteiger partial charge is 0.458 e. The number of aliphatic hydroxyl groups excluding tert-OH is 1. The molecule has 0 aromatic heterocycles. The number of hydrogen-bond donors (Lipinski definition) is 2. The van der Waals surface area contributed by atoms with Crippen LogP contribution in [0.3, 0.4) is 0 Å².